The number of fused-ring (bicyclic) bond motifs is 1. The van der Waals surface area contributed by atoms with E-state index >= 15 is 0 Å². The molecule has 2 aromatic heterocycles. The number of hydrogen-bond donors (Lipinski definition) is 1. The summed E-state index contributed by atoms with van der Waals surface area (Å²) in [6.07, 6.45) is 1.85. The number of nitrogens with zero attached hydrogens (tertiary/aromatic N) is 2. The Bertz CT molecular complexity index is 649. The Morgan fingerprint density at radius 3 is 2.67 bits per heavy atom. The molecule has 3 nitrogen and oxygen atoms in total. The van der Waals surface area contributed by atoms with E-state index in [1.54, 1.807) is 11.3 Å². The molecule has 0 spiro atoms. The number of aromatic nitrogens is 2. The van der Waals surface area contributed by atoms with Crippen LogP contribution in [0.1, 0.15) is 16.6 Å². The minimum atomic E-state index is 0.113. The molecule has 2 heterocycles. The van der Waals surface area contributed by atoms with Gasteiger partial charge in [-0.1, -0.05) is 18.2 Å². The van der Waals surface area contributed by atoms with Crippen molar-refractivity contribution in [3.05, 3.63) is 58.5 Å². The maximum atomic E-state index is 4.68. The van der Waals surface area contributed by atoms with Crippen LogP contribution in [0.3, 0.4) is 0 Å². The molecular formula is C14H13N3S. The Kier molecular flexibility index (Phi) is 3.04. The number of thiophene rings is 1. The minimum absolute atomic E-state index is 0.113. The maximum Gasteiger partial charge on any atom is 0.0891 e. The van der Waals surface area contributed by atoms with Gasteiger partial charge in [-0.2, -0.15) is 0 Å². The molecule has 3 rings (SSSR count). The highest BCUT2D eigenvalue weighted by Crippen LogP contribution is 2.24. The van der Waals surface area contributed by atoms with E-state index in [1.807, 2.05) is 37.5 Å². The molecule has 0 aliphatic rings. The summed E-state index contributed by atoms with van der Waals surface area (Å²) in [4.78, 5) is 10.4. The highest BCUT2D eigenvalue weighted by atomic mass is 32.1. The van der Waals surface area contributed by atoms with Crippen molar-refractivity contribution >= 4 is 22.4 Å². The third kappa shape index (κ3) is 2.00. The second kappa shape index (κ2) is 4.84. The van der Waals surface area contributed by atoms with Crippen LogP contribution < -0.4 is 5.32 Å². The van der Waals surface area contributed by atoms with Gasteiger partial charge in [-0.05, 0) is 30.6 Å². The molecular weight excluding hydrogens is 242 g/mol. The van der Waals surface area contributed by atoms with Gasteiger partial charge in [0.2, 0.25) is 0 Å². The molecule has 0 aliphatic heterocycles. The Labute approximate surface area is 110 Å². The molecule has 4 heteroatoms. The van der Waals surface area contributed by atoms with Crippen molar-refractivity contribution in [2.24, 2.45) is 0 Å². The van der Waals surface area contributed by atoms with Crippen LogP contribution in [0.15, 0.2) is 48.0 Å². The molecule has 1 atom stereocenters. The Hall–Kier alpha value is -1.78. The third-order valence-electron chi connectivity index (χ3n) is 2.88. The molecule has 1 unspecified atom stereocenters. The first-order valence-electron chi connectivity index (χ1n) is 5.81. The zero-order chi connectivity index (χ0) is 12.4. The molecule has 0 aliphatic carbocycles. The summed E-state index contributed by atoms with van der Waals surface area (Å²) < 4.78 is 0. The second-order valence-electron chi connectivity index (χ2n) is 4.02. The minimum Gasteiger partial charge on any atom is -0.307 e. The van der Waals surface area contributed by atoms with Gasteiger partial charge in [-0.25, -0.2) is 4.98 Å². The van der Waals surface area contributed by atoms with Crippen molar-refractivity contribution in [3.63, 3.8) is 0 Å². The van der Waals surface area contributed by atoms with Crippen LogP contribution in [-0.2, 0) is 0 Å². The van der Waals surface area contributed by atoms with Crippen LogP contribution in [0.5, 0.6) is 0 Å². The van der Waals surface area contributed by atoms with Gasteiger partial charge in [0.25, 0.3) is 0 Å². The number of rotatable bonds is 3. The lowest BCUT2D eigenvalue weighted by Crippen LogP contribution is -2.18. The number of hydrogen-bond acceptors (Lipinski definition) is 4. The van der Waals surface area contributed by atoms with E-state index in [0.29, 0.717) is 0 Å². The Morgan fingerprint density at radius 2 is 1.94 bits per heavy atom. The van der Waals surface area contributed by atoms with Gasteiger partial charge >= 0.3 is 0 Å². The van der Waals surface area contributed by atoms with Gasteiger partial charge in [0, 0.05) is 4.88 Å². The SMILES string of the molecule is CNC(c1cnc2ccccc2n1)c1cccs1. The molecule has 0 saturated carbocycles. The lowest BCUT2D eigenvalue weighted by atomic mass is 10.1. The molecule has 0 amide bonds. The Morgan fingerprint density at radius 1 is 1.11 bits per heavy atom. The predicted octanol–water partition coefficient (Wildman–Crippen LogP) is 3.00. The van der Waals surface area contributed by atoms with Crippen molar-refractivity contribution in [3.8, 4) is 0 Å². The molecule has 3 aromatic rings. The summed E-state index contributed by atoms with van der Waals surface area (Å²) in [5.41, 5.74) is 2.83. The largest absolute Gasteiger partial charge is 0.307 e. The maximum absolute atomic E-state index is 4.68. The van der Waals surface area contributed by atoms with Crippen molar-refractivity contribution in [1.29, 1.82) is 0 Å². The molecule has 0 radical (unpaired) electrons. The third-order valence-corrected chi connectivity index (χ3v) is 3.82. The number of para-hydroxylation sites is 2. The first-order valence-corrected chi connectivity index (χ1v) is 6.69. The number of benzene rings is 1. The fourth-order valence-electron chi connectivity index (χ4n) is 2.00. The van der Waals surface area contributed by atoms with Crippen LogP contribution in [-0.4, -0.2) is 17.0 Å². The average molecular weight is 255 g/mol. The molecule has 1 N–H and O–H groups in total. The van der Waals surface area contributed by atoms with E-state index in [-0.39, 0.29) is 6.04 Å². The normalized spacial score (nSPS) is 12.7. The van der Waals surface area contributed by atoms with Crippen molar-refractivity contribution in [2.75, 3.05) is 7.05 Å². The molecule has 1 aromatic carbocycles. The molecule has 0 fully saturated rings. The quantitative estimate of drug-likeness (QED) is 0.781. The lowest BCUT2D eigenvalue weighted by molar-refractivity contribution is 0.682. The summed E-state index contributed by atoms with van der Waals surface area (Å²) in [5, 5.41) is 5.37. The van der Waals surface area contributed by atoms with Gasteiger partial charge in [0.15, 0.2) is 0 Å². The van der Waals surface area contributed by atoms with E-state index in [9.17, 15) is 0 Å². The summed E-state index contributed by atoms with van der Waals surface area (Å²) >= 11 is 1.73. The van der Waals surface area contributed by atoms with Crippen molar-refractivity contribution in [2.45, 2.75) is 6.04 Å². The molecule has 18 heavy (non-hydrogen) atoms. The van der Waals surface area contributed by atoms with Crippen LogP contribution in [0, 0.1) is 0 Å². The average Bonchev–Trinajstić information content (AvgIpc) is 2.93. The van der Waals surface area contributed by atoms with Crippen molar-refractivity contribution < 1.29 is 0 Å². The number of nitrogens with one attached hydrogen (secondary N) is 1. The smallest absolute Gasteiger partial charge is 0.0891 e. The van der Waals surface area contributed by atoms with Crippen LogP contribution in [0.2, 0.25) is 0 Å². The van der Waals surface area contributed by atoms with Crippen LogP contribution >= 0.6 is 11.3 Å². The summed E-state index contributed by atoms with van der Waals surface area (Å²) in [5.74, 6) is 0. The predicted molar refractivity (Wildman–Crippen MR) is 74.8 cm³/mol. The van der Waals surface area contributed by atoms with Crippen LogP contribution in [0.25, 0.3) is 11.0 Å². The lowest BCUT2D eigenvalue weighted by Gasteiger charge is -2.13. The van der Waals surface area contributed by atoms with Gasteiger partial charge in [0.1, 0.15) is 0 Å². The van der Waals surface area contributed by atoms with Crippen LogP contribution in [0.4, 0.5) is 0 Å². The molecule has 0 saturated heterocycles. The van der Waals surface area contributed by atoms with Gasteiger partial charge < -0.3 is 5.32 Å². The first-order chi connectivity index (χ1) is 8.88. The van der Waals surface area contributed by atoms with E-state index in [1.165, 1.54) is 4.88 Å². The zero-order valence-corrected chi connectivity index (χ0v) is 10.8. The van der Waals surface area contributed by atoms with E-state index in [0.717, 1.165) is 16.7 Å². The monoisotopic (exact) mass is 255 g/mol. The van der Waals surface area contributed by atoms with Gasteiger partial charge in [-0.15, -0.1) is 11.3 Å². The molecule has 0 bridgehead atoms. The van der Waals surface area contributed by atoms with Gasteiger partial charge in [-0.3, -0.25) is 4.98 Å². The van der Waals surface area contributed by atoms with E-state index in [2.05, 4.69) is 32.8 Å². The highest BCUT2D eigenvalue weighted by molar-refractivity contribution is 7.10. The van der Waals surface area contributed by atoms with Crippen molar-refractivity contribution in [1.82, 2.24) is 15.3 Å². The fourth-order valence-corrected chi connectivity index (χ4v) is 2.85. The Balaban J connectivity index is 2.07. The molecule has 90 valence electrons. The summed E-state index contributed by atoms with van der Waals surface area (Å²) in [6, 6.07) is 12.2. The second-order valence-corrected chi connectivity index (χ2v) is 5.00. The summed E-state index contributed by atoms with van der Waals surface area (Å²) in [7, 11) is 1.95. The topological polar surface area (TPSA) is 37.8 Å². The standard InChI is InChI=1S/C14H13N3S/c1-15-14(13-7-4-8-18-13)12-9-16-10-5-2-3-6-11(10)17-12/h2-9,14-15H,1H3. The fraction of sp³-hybridized carbons (Fsp3) is 0.143. The highest BCUT2D eigenvalue weighted by Gasteiger charge is 2.15. The first kappa shape index (κ1) is 11.3. The van der Waals surface area contributed by atoms with E-state index < -0.39 is 0 Å². The summed E-state index contributed by atoms with van der Waals surface area (Å²) in [6.45, 7) is 0. The van der Waals surface area contributed by atoms with Gasteiger partial charge in [0.05, 0.1) is 29.0 Å². The van der Waals surface area contributed by atoms with E-state index in [4.69, 9.17) is 0 Å². The zero-order valence-electron chi connectivity index (χ0n) is 10.00.